The van der Waals surface area contributed by atoms with E-state index < -0.39 is 0 Å². The fourth-order valence-electron chi connectivity index (χ4n) is 5.37. The second kappa shape index (κ2) is 5.56. The highest BCUT2D eigenvalue weighted by molar-refractivity contribution is 8.00. The number of hydrogen-bond acceptors (Lipinski definition) is 2. The second-order valence-electron chi connectivity index (χ2n) is 7.80. The highest BCUT2D eigenvalue weighted by atomic mass is 32.2. The summed E-state index contributed by atoms with van der Waals surface area (Å²) < 4.78 is 0. The van der Waals surface area contributed by atoms with Crippen molar-refractivity contribution in [3.8, 4) is 0 Å². The molecular formula is C22H25NS. The molecule has 2 heteroatoms. The first-order valence-corrected chi connectivity index (χ1v) is 10.2. The first-order valence-electron chi connectivity index (χ1n) is 9.37. The summed E-state index contributed by atoms with van der Waals surface area (Å²) in [6.45, 7) is 6.09. The van der Waals surface area contributed by atoms with Gasteiger partial charge in [-0.15, -0.1) is 11.8 Å². The van der Waals surface area contributed by atoms with Crippen LogP contribution in [0.3, 0.4) is 0 Å². The van der Waals surface area contributed by atoms with Crippen LogP contribution in [0.25, 0.3) is 0 Å². The highest BCUT2D eigenvalue weighted by Gasteiger charge is 2.52. The molecule has 0 spiro atoms. The maximum atomic E-state index is 3.74. The molecule has 0 saturated heterocycles. The maximum absolute atomic E-state index is 3.74. The smallest absolute Gasteiger partial charge is 0.0408 e. The Hall–Kier alpha value is -1.41. The zero-order valence-electron chi connectivity index (χ0n) is 14.5. The first kappa shape index (κ1) is 14.9. The third-order valence-corrected chi connectivity index (χ3v) is 8.16. The molecule has 0 aromatic heterocycles. The Morgan fingerprint density at radius 1 is 0.917 bits per heavy atom. The van der Waals surface area contributed by atoms with Gasteiger partial charge in [0.25, 0.3) is 0 Å². The van der Waals surface area contributed by atoms with E-state index in [4.69, 9.17) is 0 Å². The summed E-state index contributed by atoms with van der Waals surface area (Å²) in [5.74, 6) is 2.85. The van der Waals surface area contributed by atoms with E-state index in [1.165, 1.54) is 29.0 Å². The number of anilines is 1. The lowest BCUT2D eigenvalue weighted by Crippen LogP contribution is -2.20. The van der Waals surface area contributed by atoms with Gasteiger partial charge >= 0.3 is 0 Å². The molecule has 1 aliphatic carbocycles. The van der Waals surface area contributed by atoms with Crippen LogP contribution in [0, 0.1) is 11.8 Å². The molecule has 1 N–H and O–H groups in total. The molecule has 124 valence electrons. The summed E-state index contributed by atoms with van der Waals surface area (Å²) in [5.41, 5.74) is 6.18. The van der Waals surface area contributed by atoms with Crippen LogP contribution in [0.2, 0.25) is 0 Å². The van der Waals surface area contributed by atoms with Crippen LogP contribution < -0.4 is 5.32 Å². The van der Waals surface area contributed by atoms with Crippen LogP contribution >= 0.6 is 11.8 Å². The van der Waals surface area contributed by atoms with E-state index in [9.17, 15) is 0 Å². The molecule has 5 unspecified atom stereocenters. The Bertz CT molecular complexity index is 783. The van der Waals surface area contributed by atoms with Crippen molar-refractivity contribution in [3.63, 3.8) is 0 Å². The monoisotopic (exact) mass is 335 g/mol. The Morgan fingerprint density at radius 2 is 1.67 bits per heavy atom. The van der Waals surface area contributed by atoms with Gasteiger partial charge in [-0.05, 0) is 47.4 Å². The van der Waals surface area contributed by atoms with Gasteiger partial charge in [-0.25, -0.2) is 0 Å². The predicted molar refractivity (Wildman–Crippen MR) is 103 cm³/mol. The zero-order chi connectivity index (χ0) is 16.3. The molecule has 1 fully saturated rings. The van der Waals surface area contributed by atoms with E-state index in [1.54, 1.807) is 11.1 Å². The molecule has 0 bridgehead atoms. The van der Waals surface area contributed by atoms with Gasteiger partial charge < -0.3 is 5.32 Å². The molecule has 2 heterocycles. The van der Waals surface area contributed by atoms with E-state index in [0.717, 1.165) is 18.4 Å². The molecule has 24 heavy (non-hydrogen) atoms. The Kier molecular flexibility index (Phi) is 3.45. The molecule has 2 aromatic rings. The van der Waals surface area contributed by atoms with Crippen LogP contribution in [0.5, 0.6) is 0 Å². The van der Waals surface area contributed by atoms with Crippen LogP contribution in [0.1, 0.15) is 48.8 Å². The van der Waals surface area contributed by atoms with Gasteiger partial charge in [0.05, 0.1) is 0 Å². The molecule has 1 nitrogen and oxygen atoms in total. The van der Waals surface area contributed by atoms with Crippen molar-refractivity contribution < 1.29 is 0 Å². The van der Waals surface area contributed by atoms with E-state index in [1.807, 2.05) is 0 Å². The van der Waals surface area contributed by atoms with Crippen LogP contribution in [-0.2, 0) is 6.42 Å². The van der Waals surface area contributed by atoms with E-state index in [0.29, 0.717) is 17.1 Å². The minimum absolute atomic E-state index is 0.656. The maximum Gasteiger partial charge on any atom is 0.0408 e. The summed E-state index contributed by atoms with van der Waals surface area (Å²) >= 11 is 2.14. The minimum Gasteiger partial charge on any atom is -0.385 e. The number of nitrogens with one attached hydrogen (secondary N) is 1. The molecule has 5 atom stereocenters. The fourth-order valence-corrected chi connectivity index (χ4v) is 7.24. The largest absolute Gasteiger partial charge is 0.385 e. The van der Waals surface area contributed by atoms with E-state index in [-0.39, 0.29) is 0 Å². The lowest BCUT2D eigenvalue weighted by atomic mass is 9.83. The van der Waals surface area contributed by atoms with Gasteiger partial charge in [0, 0.05) is 34.2 Å². The summed E-state index contributed by atoms with van der Waals surface area (Å²) in [6.07, 6.45) is 2.49. The zero-order valence-corrected chi connectivity index (χ0v) is 15.3. The van der Waals surface area contributed by atoms with Crippen LogP contribution in [-0.4, -0.2) is 11.8 Å². The summed E-state index contributed by atoms with van der Waals surface area (Å²) in [4.78, 5) is 1.52. The third kappa shape index (κ3) is 2.02. The Morgan fingerprint density at radius 3 is 2.54 bits per heavy atom. The number of benzene rings is 2. The van der Waals surface area contributed by atoms with Gasteiger partial charge in [-0.1, -0.05) is 50.2 Å². The average molecular weight is 336 g/mol. The normalized spacial score (nSPS) is 33.5. The first-order chi connectivity index (χ1) is 11.8. The topological polar surface area (TPSA) is 12.0 Å². The van der Waals surface area contributed by atoms with Crippen molar-refractivity contribution in [3.05, 3.63) is 59.2 Å². The van der Waals surface area contributed by atoms with Crippen molar-refractivity contribution in [2.24, 2.45) is 11.8 Å². The van der Waals surface area contributed by atoms with Crippen molar-refractivity contribution in [2.75, 3.05) is 11.9 Å². The van der Waals surface area contributed by atoms with Crippen molar-refractivity contribution in [1.82, 2.24) is 0 Å². The van der Waals surface area contributed by atoms with Gasteiger partial charge in [0.1, 0.15) is 0 Å². The molecule has 3 aliphatic rings. The molecule has 2 aliphatic heterocycles. The van der Waals surface area contributed by atoms with Gasteiger partial charge in [-0.3, -0.25) is 0 Å². The van der Waals surface area contributed by atoms with E-state index in [2.05, 4.69) is 73.4 Å². The number of fused-ring (bicyclic) bond motifs is 4. The highest BCUT2D eigenvalue weighted by Crippen LogP contribution is 2.63. The predicted octanol–water partition coefficient (Wildman–Crippen LogP) is 5.67. The number of thioether (sulfide) groups is 1. The Balaban J connectivity index is 1.61. The quantitative estimate of drug-likeness (QED) is 0.720. The molecular weight excluding hydrogens is 310 g/mol. The molecule has 1 saturated carbocycles. The second-order valence-corrected chi connectivity index (χ2v) is 9.02. The molecule has 5 rings (SSSR count). The summed E-state index contributed by atoms with van der Waals surface area (Å²) in [5, 5.41) is 4.43. The summed E-state index contributed by atoms with van der Waals surface area (Å²) in [7, 11) is 0. The minimum atomic E-state index is 0.656. The SMILES string of the molecule is CC1C(C)C(c2cccc3c2NCCC3)C2Sc3ccccc3C12. The third-order valence-electron chi connectivity index (χ3n) is 6.68. The summed E-state index contributed by atoms with van der Waals surface area (Å²) in [6, 6.07) is 16.1. The van der Waals surface area contributed by atoms with Gasteiger partial charge in [0.15, 0.2) is 0 Å². The van der Waals surface area contributed by atoms with Gasteiger partial charge in [-0.2, -0.15) is 0 Å². The molecule has 0 radical (unpaired) electrons. The van der Waals surface area contributed by atoms with E-state index >= 15 is 0 Å². The van der Waals surface area contributed by atoms with Crippen molar-refractivity contribution in [2.45, 2.75) is 48.7 Å². The average Bonchev–Trinajstić information content (AvgIpc) is 3.10. The standard InChI is InChI=1S/C22H25NS/c1-13-14(2)20(17-10-5-7-15-8-6-12-23-21(15)17)22-19(13)16-9-3-4-11-18(16)24-22/h3-5,7,9-11,13-14,19-20,22-23H,6,8,12H2,1-2H3. The Labute approximate surface area is 149 Å². The number of hydrogen-bond donors (Lipinski definition) is 1. The number of rotatable bonds is 1. The fraction of sp³-hybridized carbons (Fsp3) is 0.455. The van der Waals surface area contributed by atoms with Gasteiger partial charge in [0.2, 0.25) is 0 Å². The number of aryl methyl sites for hydroxylation is 1. The lowest BCUT2D eigenvalue weighted by molar-refractivity contribution is 0.401. The lowest BCUT2D eigenvalue weighted by Gasteiger charge is -2.29. The number of para-hydroxylation sites is 1. The van der Waals surface area contributed by atoms with Crippen LogP contribution in [0.15, 0.2) is 47.4 Å². The van der Waals surface area contributed by atoms with Crippen molar-refractivity contribution >= 4 is 17.4 Å². The van der Waals surface area contributed by atoms with Crippen molar-refractivity contribution in [1.29, 1.82) is 0 Å². The van der Waals surface area contributed by atoms with Crippen LogP contribution in [0.4, 0.5) is 5.69 Å². The molecule has 0 amide bonds. The molecule has 2 aromatic carbocycles.